The predicted molar refractivity (Wildman–Crippen MR) is 108 cm³/mol. The van der Waals surface area contributed by atoms with Crippen LogP contribution < -0.4 is 16.0 Å². The van der Waals surface area contributed by atoms with Crippen molar-refractivity contribution < 1.29 is 4.79 Å². The lowest BCUT2D eigenvalue weighted by Crippen LogP contribution is -2.36. The summed E-state index contributed by atoms with van der Waals surface area (Å²) in [5, 5.41) is 10.4. The Morgan fingerprint density at radius 1 is 1.08 bits per heavy atom. The van der Waals surface area contributed by atoms with Gasteiger partial charge in [-0.3, -0.25) is 4.79 Å². The molecule has 140 valence electrons. The fourth-order valence-electron chi connectivity index (χ4n) is 2.31. The first-order valence-corrected chi connectivity index (χ1v) is 9.67. The molecule has 0 unspecified atom stereocenters. The number of nitrogens with one attached hydrogen (secondary N) is 3. The molecule has 0 spiro atoms. The second kappa shape index (κ2) is 9.91. The van der Waals surface area contributed by atoms with E-state index in [1.165, 1.54) is 4.88 Å². The van der Waals surface area contributed by atoms with E-state index in [9.17, 15) is 4.79 Å². The van der Waals surface area contributed by atoms with Gasteiger partial charge in [0.15, 0.2) is 5.96 Å². The number of carbonyl (C=O) groups excluding carboxylic acids is 1. The molecule has 0 saturated carbocycles. The summed E-state index contributed by atoms with van der Waals surface area (Å²) in [6.07, 6.45) is 0. The van der Waals surface area contributed by atoms with Crippen molar-refractivity contribution in [2.45, 2.75) is 40.8 Å². The average Bonchev–Trinajstić information content (AvgIpc) is 2.96. The highest BCUT2D eigenvalue weighted by atomic mass is 32.1. The van der Waals surface area contributed by atoms with Gasteiger partial charge in [0.1, 0.15) is 5.01 Å². The summed E-state index contributed by atoms with van der Waals surface area (Å²) in [6.45, 7) is 10.7. The molecule has 0 atom stereocenters. The minimum atomic E-state index is -0.0495. The Morgan fingerprint density at radius 3 is 2.35 bits per heavy atom. The zero-order valence-corrected chi connectivity index (χ0v) is 16.7. The quantitative estimate of drug-likeness (QED) is 0.515. The molecule has 26 heavy (non-hydrogen) atoms. The van der Waals surface area contributed by atoms with Crippen LogP contribution in [0, 0.1) is 13.8 Å². The first-order chi connectivity index (χ1) is 12.5. The van der Waals surface area contributed by atoms with Crippen LogP contribution in [0.3, 0.4) is 0 Å². The summed E-state index contributed by atoms with van der Waals surface area (Å²) < 4.78 is 0. The lowest BCUT2D eigenvalue weighted by Gasteiger charge is -2.10. The van der Waals surface area contributed by atoms with Crippen molar-refractivity contribution in [3.8, 4) is 0 Å². The minimum absolute atomic E-state index is 0.0495. The SMILES string of the molecule is CCNC(=O)c1ccc(CN=C(NCC)NCc2nc(C)c(C)s2)cc1. The van der Waals surface area contributed by atoms with Crippen molar-refractivity contribution in [1.29, 1.82) is 0 Å². The Labute approximate surface area is 159 Å². The van der Waals surface area contributed by atoms with Gasteiger partial charge in [-0.25, -0.2) is 9.98 Å². The molecular weight excluding hydrogens is 346 g/mol. The van der Waals surface area contributed by atoms with Gasteiger partial charge in [-0.15, -0.1) is 11.3 Å². The first kappa shape index (κ1) is 19.9. The van der Waals surface area contributed by atoms with E-state index in [1.54, 1.807) is 11.3 Å². The maximum absolute atomic E-state index is 11.8. The van der Waals surface area contributed by atoms with E-state index in [4.69, 9.17) is 0 Å². The van der Waals surface area contributed by atoms with Gasteiger partial charge >= 0.3 is 0 Å². The number of aromatic nitrogens is 1. The number of aryl methyl sites for hydroxylation is 2. The smallest absolute Gasteiger partial charge is 0.251 e. The molecule has 1 aromatic heterocycles. The maximum atomic E-state index is 11.8. The molecule has 1 aromatic carbocycles. The van der Waals surface area contributed by atoms with Crippen molar-refractivity contribution in [3.05, 3.63) is 51.0 Å². The number of thiazole rings is 1. The van der Waals surface area contributed by atoms with Gasteiger partial charge in [0, 0.05) is 23.5 Å². The summed E-state index contributed by atoms with van der Waals surface area (Å²) >= 11 is 1.70. The average molecular weight is 374 g/mol. The molecule has 0 aliphatic carbocycles. The van der Waals surface area contributed by atoms with E-state index in [-0.39, 0.29) is 5.91 Å². The maximum Gasteiger partial charge on any atom is 0.251 e. The van der Waals surface area contributed by atoms with Crippen molar-refractivity contribution in [3.63, 3.8) is 0 Å². The van der Waals surface area contributed by atoms with Crippen LogP contribution in [0.25, 0.3) is 0 Å². The van der Waals surface area contributed by atoms with Gasteiger partial charge in [0.05, 0.1) is 18.8 Å². The van der Waals surface area contributed by atoms with E-state index in [1.807, 2.05) is 45.0 Å². The molecule has 6 nitrogen and oxygen atoms in total. The summed E-state index contributed by atoms with van der Waals surface area (Å²) in [5.74, 6) is 0.706. The second-order valence-corrected chi connectivity index (χ2v) is 7.14. The Morgan fingerprint density at radius 2 is 1.77 bits per heavy atom. The Bertz CT molecular complexity index is 732. The highest BCUT2D eigenvalue weighted by molar-refractivity contribution is 7.11. The van der Waals surface area contributed by atoms with Gasteiger partial charge in [-0.2, -0.15) is 0 Å². The van der Waals surface area contributed by atoms with E-state index >= 15 is 0 Å². The van der Waals surface area contributed by atoms with Crippen LogP contribution in [-0.2, 0) is 13.1 Å². The van der Waals surface area contributed by atoms with Gasteiger partial charge in [-0.1, -0.05) is 12.1 Å². The Balaban J connectivity index is 1.96. The lowest BCUT2D eigenvalue weighted by molar-refractivity contribution is 0.0956. The summed E-state index contributed by atoms with van der Waals surface area (Å²) in [4.78, 5) is 22.2. The van der Waals surface area contributed by atoms with Crippen LogP contribution in [0.1, 0.15) is 45.3 Å². The molecule has 0 aliphatic rings. The second-order valence-electron chi connectivity index (χ2n) is 5.85. The van der Waals surface area contributed by atoms with E-state index in [0.29, 0.717) is 25.2 Å². The van der Waals surface area contributed by atoms with Crippen LogP contribution in [-0.4, -0.2) is 29.9 Å². The third-order valence-electron chi connectivity index (χ3n) is 3.80. The fourth-order valence-corrected chi connectivity index (χ4v) is 3.18. The number of aliphatic imine (C=N–C) groups is 1. The van der Waals surface area contributed by atoms with E-state index < -0.39 is 0 Å². The third-order valence-corrected chi connectivity index (χ3v) is 4.87. The molecule has 0 fully saturated rings. The van der Waals surface area contributed by atoms with E-state index in [2.05, 4.69) is 32.9 Å². The molecule has 0 aliphatic heterocycles. The number of benzene rings is 1. The highest BCUT2D eigenvalue weighted by Crippen LogP contribution is 2.15. The molecule has 7 heteroatoms. The van der Waals surface area contributed by atoms with Crippen LogP contribution in [0.15, 0.2) is 29.3 Å². The number of amides is 1. The van der Waals surface area contributed by atoms with Crippen LogP contribution >= 0.6 is 11.3 Å². The van der Waals surface area contributed by atoms with E-state index in [0.717, 1.165) is 28.8 Å². The molecule has 2 rings (SSSR count). The number of guanidine groups is 1. The monoisotopic (exact) mass is 373 g/mol. The van der Waals surface area contributed by atoms with Gasteiger partial charge in [0.25, 0.3) is 5.91 Å². The molecule has 0 bridgehead atoms. The number of hydrogen-bond acceptors (Lipinski definition) is 4. The minimum Gasteiger partial charge on any atom is -0.357 e. The van der Waals surface area contributed by atoms with Gasteiger partial charge in [-0.05, 0) is 45.4 Å². The van der Waals surface area contributed by atoms with Gasteiger partial charge < -0.3 is 16.0 Å². The molecule has 0 radical (unpaired) electrons. The molecule has 2 aromatic rings. The Kier molecular flexibility index (Phi) is 7.59. The van der Waals surface area contributed by atoms with Crippen LogP contribution in [0.2, 0.25) is 0 Å². The summed E-state index contributed by atoms with van der Waals surface area (Å²) in [5.41, 5.74) is 2.80. The lowest BCUT2D eigenvalue weighted by atomic mass is 10.1. The molecule has 1 heterocycles. The largest absolute Gasteiger partial charge is 0.357 e. The van der Waals surface area contributed by atoms with Crippen molar-refractivity contribution in [2.24, 2.45) is 4.99 Å². The topological polar surface area (TPSA) is 78.4 Å². The van der Waals surface area contributed by atoms with Crippen molar-refractivity contribution >= 4 is 23.2 Å². The summed E-state index contributed by atoms with van der Waals surface area (Å²) in [6, 6.07) is 7.53. The van der Waals surface area contributed by atoms with Crippen molar-refractivity contribution in [2.75, 3.05) is 13.1 Å². The zero-order chi connectivity index (χ0) is 18.9. The zero-order valence-electron chi connectivity index (χ0n) is 15.8. The molecule has 0 saturated heterocycles. The predicted octanol–water partition coefficient (Wildman–Crippen LogP) is 2.76. The molecule has 3 N–H and O–H groups in total. The van der Waals surface area contributed by atoms with Crippen LogP contribution in [0.4, 0.5) is 0 Å². The highest BCUT2D eigenvalue weighted by Gasteiger charge is 2.06. The van der Waals surface area contributed by atoms with Crippen molar-refractivity contribution in [1.82, 2.24) is 20.9 Å². The normalized spacial score (nSPS) is 11.3. The Hall–Kier alpha value is -2.41. The van der Waals surface area contributed by atoms with Crippen LogP contribution in [0.5, 0.6) is 0 Å². The molecular formula is C19H27N5OS. The number of nitrogens with zero attached hydrogens (tertiary/aromatic N) is 2. The fraction of sp³-hybridized carbons (Fsp3) is 0.421. The molecule has 1 amide bonds. The summed E-state index contributed by atoms with van der Waals surface area (Å²) in [7, 11) is 0. The number of hydrogen-bond donors (Lipinski definition) is 3. The first-order valence-electron chi connectivity index (χ1n) is 8.85. The number of rotatable bonds is 7. The standard InChI is InChI=1S/C19H27N5OS/c1-5-20-18(25)16-9-7-15(8-10-16)11-22-19(21-6-2)23-12-17-24-13(3)14(4)26-17/h7-10H,5-6,11-12H2,1-4H3,(H,20,25)(H2,21,22,23). The number of carbonyl (C=O) groups is 1. The third kappa shape index (κ3) is 5.84. The van der Waals surface area contributed by atoms with Gasteiger partial charge in [0.2, 0.25) is 0 Å².